The number of halogens is 3. The van der Waals surface area contributed by atoms with Crippen molar-refractivity contribution < 1.29 is 13.2 Å². The van der Waals surface area contributed by atoms with Crippen LogP contribution < -0.4 is 0 Å². The van der Waals surface area contributed by atoms with Crippen molar-refractivity contribution in [2.75, 3.05) is 0 Å². The minimum absolute atomic E-state index is 0.240. The molecule has 0 aliphatic rings. The summed E-state index contributed by atoms with van der Waals surface area (Å²) < 4.78 is 36.0. The predicted octanol–water partition coefficient (Wildman–Crippen LogP) is 4.65. The van der Waals surface area contributed by atoms with Crippen LogP contribution in [0.15, 0.2) is 0 Å². The molecule has 0 nitrogen and oxygen atoms in total. The molecule has 86 valence electrons. The van der Waals surface area contributed by atoms with E-state index in [4.69, 9.17) is 0 Å². The second kappa shape index (κ2) is 5.62. The van der Waals surface area contributed by atoms with Crippen LogP contribution in [-0.4, -0.2) is 6.18 Å². The van der Waals surface area contributed by atoms with Crippen molar-refractivity contribution in [3.05, 3.63) is 0 Å². The van der Waals surface area contributed by atoms with Crippen LogP contribution in [0.2, 0.25) is 0 Å². The molecule has 2 atom stereocenters. The molecule has 0 spiro atoms. The van der Waals surface area contributed by atoms with E-state index in [2.05, 4.69) is 20.8 Å². The molecule has 0 rings (SSSR count). The van der Waals surface area contributed by atoms with Gasteiger partial charge in [0.25, 0.3) is 0 Å². The van der Waals surface area contributed by atoms with E-state index in [9.17, 15) is 13.2 Å². The molecule has 0 saturated heterocycles. The number of hydrogen-bond acceptors (Lipinski definition) is 0. The molecule has 0 aromatic rings. The van der Waals surface area contributed by atoms with E-state index in [-0.39, 0.29) is 5.92 Å². The Labute approximate surface area is 84.9 Å². The number of alkyl halides is 3. The van der Waals surface area contributed by atoms with Crippen molar-refractivity contribution >= 4 is 0 Å². The maximum atomic E-state index is 12.0. The van der Waals surface area contributed by atoms with Crippen molar-refractivity contribution in [3.63, 3.8) is 0 Å². The molecule has 3 heteroatoms. The van der Waals surface area contributed by atoms with Gasteiger partial charge < -0.3 is 0 Å². The molecule has 0 aliphatic heterocycles. The molecule has 0 radical (unpaired) electrons. The van der Waals surface area contributed by atoms with Crippen LogP contribution in [0.25, 0.3) is 0 Å². The van der Waals surface area contributed by atoms with Crippen molar-refractivity contribution in [2.45, 2.75) is 53.1 Å². The minimum Gasteiger partial charge on any atom is -0.171 e. The van der Waals surface area contributed by atoms with E-state index < -0.39 is 12.6 Å². The van der Waals surface area contributed by atoms with Crippen molar-refractivity contribution in [3.8, 4) is 0 Å². The van der Waals surface area contributed by atoms with Crippen molar-refractivity contribution in [2.24, 2.45) is 17.8 Å². The van der Waals surface area contributed by atoms with Crippen LogP contribution in [0, 0.1) is 17.8 Å². The first-order valence-electron chi connectivity index (χ1n) is 5.29. The number of rotatable bonds is 5. The van der Waals surface area contributed by atoms with E-state index in [1.165, 1.54) is 0 Å². The molecule has 0 fully saturated rings. The fourth-order valence-electron chi connectivity index (χ4n) is 1.38. The Morgan fingerprint density at radius 3 is 1.79 bits per heavy atom. The minimum atomic E-state index is -4.00. The summed E-state index contributed by atoms with van der Waals surface area (Å²) in [7, 11) is 0. The summed E-state index contributed by atoms with van der Waals surface area (Å²) in [5.41, 5.74) is 0. The van der Waals surface area contributed by atoms with E-state index in [1.807, 2.05) is 0 Å². The van der Waals surface area contributed by atoms with Crippen molar-refractivity contribution in [1.82, 2.24) is 0 Å². The SMILES string of the molecule is CC(CC[C@@H](C)C(C)C)CC(F)(F)F. The van der Waals surface area contributed by atoms with Crippen LogP contribution in [0.4, 0.5) is 13.2 Å². The molecule has 0 aromatic heterocycles. The fourth-order valence-corrected chi connectivity index (χ4v) is 1.38. The van der Waals surface area contributed by atoms with Crippen LogP contribution in [0.5, 0.6) is 0 Å². The lowest BCUT2D eigenvalue weighted by atomic mass is 9.89. The lowest BCUT2D eigenvalue weighted by Gasteiger charge is -2.19. The van der Waals surface area contributed by atoms with Gasteiger partial charge in [-0.25, -0.2) is 0 Å². The van der Waals surface area contributed by atoms with Gasteiger partial charge in [0.2, 0.25) is 0 Å². The molecule has 0 heterocycles. The molecule has 0 aromatic carbocycles. The smallest absolute Gasteiger partial charge is 0.171 e. The topological polar surface area (TPSA) is 0 Å². The summed E-state index contributed by atoms with van der Waals surface area (Å²) in [5, 5.41) is 0. The van der Waals surface area contributed by atoms with Crippen LogP contribution in [0.1, 0.15) is 47.0 Å². The predicted molar refractivity (Wildman–Crippen MR) is 53.1 cm³/mol. The molecular formula is C11H21F3. The van der Waals surface area contributed by atoms with E-state index >= 15 is 0 Å². The zero-order valence-corrected chi connectivity index (χ0v) is 9.49. The third-order valence-corrected chi connectivity index (χ3v) is 2.83. The third kappa shape index (κ3) is 7.22. The van der Waals surface area contributed by atoms with Crippen molar-refractivity contribution in [1.29, 1.82) is 0 Å². The summed E-state index contributed by atoms with van der Waals surface area (Å²) in [5.74, 6) is 0.843. The highest BCUT2D eigenvalue weighted by atomic mass is 19.4. The Hall–Kier alpha value is -0.210. The second-order valence-electron chi connectivity index (χ2n) is 4.72. The van der Waals surface area contributed by atoms with Gasteiger partial charge in [-0.1, -0.05) is 40.5 Å². The third-order valence-electron chi connectivity index (χ3n) is 2.83. The monoisotopic (exact) mass is 210 g/mol. The van der Waals surface area contributed by atoms with Gasteiger partial charge >= 0.3 is 6.18 Å². The summed E-state index contributed by atoms with van der Waals surface area (Å²) in [4.78, 5) is 0. The second-order valence-corrected chi connectivity index (χ2v) is 4.72. The van der Waals surface area contributed by atoms with Gasteiger partial charge in [0.1, 0.15) is 0 Å². The number of hydrogen-bond donors (Lipinski definition) is 0. The average molecular weight is 210 g/mol. The van der Waals surface area contributed by atoms with Gasteiger partial charge in [-0.15, -0.1) is 0 Å². The Bertz CT molecular complexity index is 149. The Balaban J connectivity index is 3.69. The maximum Gasteiger partial charge on any atom is 0.389 e. The zero-order chi connectivity index (χ0) is 11.4. The molecule has 0 aliphatic carbocycles. The summed E-state index contributed by atoms with van der Waals surface area (Å²) >= 11 is 0. The normalized spacial score (nSPS) is 17.1. The van der Waals surface area contributed by atoms with Gasteiger partial charge in [-0.05, 0) is 17.8 Å². The first-order chi connectivity index (χ1) is 6.22. The van der Waals surface area contributed by atoms with E-state index in [1.54, 1.807) is 6.92 Å². The van der Waals surface area contributed by atoms with Gasteiger partial charge in [0.15, 0.2) is 0 Å². The lowest BCUT2D eigenvalue weighted by Crippen LogP contribution is -2.14. The molecular weight excluding hydrogens is 189 g/mol. The zero-order valence-electron chi connectivity index (χ0n) is 9.49. The average Bonchev–Trinajstić information content (AvgIpc) is 1.96. The fraction of sp³-hybridized carbons (Fsp3) is 1.00. The standard InChI is InChI=1S/C11H21F3/c1-8(2)10(4)6-5-9(3)7-11(12,13)14/h8-10H,5-7H2,1-4H3/t9?,10-/m1/s1. The quantitative estimate of drug-likeness (QED) is 0.619. The van der Waals surface area contributed by atoms with Crippen LogP contribution >= 0.6 is 0 Å². The first-order valence-corrected chi connectivity index (χ1v) is 5.29. The first kappa shape index (κ1) is 13.8. The highest BCUT2D eigenvalue weighted by molar-refractivity contribution is 4.63. The van der Waals surface area contributed by atoms with Crippen LogP contribution in [-0.2, 0) is 0 Å². The molecule has 0 N–H and O–H groups in total. The van der Waals surface area contributed by atoms with E-state index in [0.717, 1.165) is 6.42 Å². The summed E-state index contributed by atoms with van der Waals surface area (Å²) in [6.45, 7) is 8.00. The van der Waals surface area contributed by atoms with E-state index in [0.29, 0.717) is 18.3 Å². The molecule has 14 heavy (non-hydrogen) atoms. The highest BCUT2D eigenvalue weighted by Crippen LogP contribution is 2.28. The molecule has 0 bridgehead atoms. The van der Waals surface area contributed by atoms with Gasteiger partial charge in [-0.3, -0.25) is 0 Å². The summed E-state index contributed by atoms with van der Waals surface area (Å²) in [6.07, 6.45) is -3.06. The Morgan fingerprint density at radius 1 is 0.929 bits per heavy atom. The van der Waals surface area contributed by atoms with Crippen LogP contribution in [0.3, 0.4) is 0 Å². The Morgan fingerprint density at radius 2 is 1.43 bits per heavy atom. The lowest BCUT2D eigenvalue weighted by molar-refractivity contribution is -0.143. The Kier molecular flexibility index (Phi) is 5.53. The van der Waals surface area contributed by atoms with Gasteiger partial charge in [-0.2, -0.15) is 13.2 Å². The molecule has 0 saturated carbocycles. The molecule has 1 unspecified atom stereocenters. The maximum absolute atomic E-state index is 12.0. The highest BCUT2D eigenvalue weighted by Gasteiger charge is 2.29. The summed E-state index contributed by atoms with van der Waals surface area (Å²) in [6, 6.07) is 0. The van der Waals surface area contributed by atoms with Gasteiger partial charge in [0.05, 0.1) is 0 Å². The van der Waals surface area contributed by atoms with Gasteiger partial charge in [0, 0.05) is 6.42 Å². The molecule has 0 amide bonds. The largest absolute Gasteiger partial charge is 0.389 e.